The predicted octanol–water partition coefficient (Wildman–Crippen LogP) is 3.05. The molecular formula is C21H31FO5. The average molecular weight is 382 g/mol. The largest absolute Gasteiger partial charge is 0.491 e. The van der Waals surface area contributed by atoms with E-state index >= 15 is 0 Å². The molecule has 2 fully saturated rings. The number of hydrogen-bond acceptors (Lipinski definition) is 5. The fourth-order valence-electron chi connectivity index (χ4n) is 4.61. The van der Waals surface area contributed by atoms with Crippen molar-refractivity contribution in [2.45, 2.75) is 75.9 Å². The Hall–Kier alpha value is -1.40. The molecule has 0 unspecified atom stereocenters. The van der Waals surface area contributed by atoms with Crippen LogP contribution in [0.3, 0.4) is 0 Å². The second kappa shape index (κ2) is 9.20. The summed E-state index contributed by atoms with van der Waals surface area (Å²) in [6, 6.07) is 0. The first-order valence-corrected chi connectivity index (χ1v) is 10.1. The van der Waals surface area contributed by atoms with Gasteiger partial charge in [-0.15, -0.1) is 0 Å². The van der Waals surface area contributed by atoms with Gasteiger partial charge in [0.25, 0.3) is 0 Å². The molecule has 0 radical (unpaired) electrons. The molecule has 6 heteroatoms. The van der Waals surface area contributed by atoms with Crippen LogP contribution in [0, 0.1) is 17.8 Å². The maximum atomic E-state index is 14.4. The first-order valence-electron chi connectivity index (χ1n) is 10.1. The van der Waals surface area contributed by atoms with Gasteiger partial charge in [0.1, 0.15) is 11.9 Å². The topological polar surface area (TPSA) is 76.0 Å². The molecule has 2 saturated carbocycles. The zero-order valence-corrected chi connectivity index (χ0v) is 15.9. The number of halogens is 1. The third-order valence-electron chi connectivity index (χ3n) is 6.22. The van der Waals surface area contributed by atoms with E-state index in [2.05, 4.69) is 4.74 Å². The van der Waals surface area contributed by atoms with E-state index in [-0.39, 0.29) is 36.8 Å². The molecule has 2 aliphatic carbocycles. The number of hydrogen-bond donors (Lipinski definition) is 2. The lowest BCUT2D eigenvalue weighted by Gasteiger charge is -2.17. The molecule has 5 nitrogen and oxygen atoms in total. The van der Waals surface area contributed by atoms with Crippen molar-refractivity contribution in [2.75, 3.05) is 7.11 Å². The monoisotopic (exact) mass is 382 g/mol. The van der Waals surface area contributed by atoms with E-state index < -0.39 is 18.4 Å². The van der Waals surface area contributed by atoms with Gasteiger partial charge in [0.2, 0.25) is 0 Å². The lowest BCUT2D eigenvalue weighted by molar-refractivity contribution is -0.140. The second-order valence-electron chi connectivity index (χ2n) is 8.04. The number of methoxy groups -OCH3 is 1. The first-order chi connectivity index (χ1) is 13.0. The smallest absolute Gasteiger partial charge is 0.305 e. The minimum atomic E-state index is -1.24. The van der Waals surface area contributed by atoms with Crippen molar-refractivity contribution in [1.29, 1.82) is 0 Å². The van der Waals surface area contributed by atoms with Crippen LogP contribution in [0.4, 0.5) is 4.39 Å². The van der Waals surface area contributed by atoms with Gasteiger partial charge in [0.05, 0.1) is 19.3 Å². The summed E-state index contributed by atoms with van der Waals surface area (Å²) in [5, 5.41) is 20.7. The van der Waals surface area contributed by atoms with Crippen LogP contribution < -0.4 is 0 Å². The zero-order valence-electron chi connectivity index (χ0n) is 15.9. The molecule has 6 atom stereocenters. The summed E-state index contributed by atoms with van der Waals surface area (Å²) < 4.78 is 24.8. The quantitative estimate of drug-likeness (QED) is 0.498. The molecule has 0 amide bonds. The van der Waals surface area contributed by atoms with Gasteiger partial charge in [-0.25, -0.2) is 4.39 Å². The van der Waals surface area contributed by atoms with Crippen LogP contribution in [0.2, 0.25) is 0 Å². The van der Waals surface area contributed by atoms with Gasteiger partial charge in [-0.1, -0.05) is 25.0 Å². The Labute approximate surface area is 160 Å². The molecule has 3 rings (SSSR count). The highest BCUT2D eigenvalue weighted by molar-refractivity contribution is 5.69. The summed E-state index contributed by atoms with van der Waals surface area (Å²) in [6.45, 7) is 0. The third kappa shape index (κ3) is 4.91. The lowest BCUT2D eigenvalue weighted by atomic mass is 9.91. The number of aliphatic hydroxyl groups is 2. The van der Waals surface area contributed by atoms with Gasteiger partial charge < -0.3 is 19.7 Å². The van der Waals surface area contributed by atoms with Gasteiger partial charge >= 0.3 is 5.97 Å². The van der Waals surface area contributed by atoms with Crippen LogP contribution in [0.1, 0.15) is 51.4 Å². The number of alkyl halides is 1. The van der Waals surface area contributed by atoms with Crippen molar-refractivity contribution >= 4 is 5.97 Å². The fourth-order valence-corrected chi connectivity index (χ4v) is 4.61. The van der Waals surface area contributed by atoms with E-state index in [4.69, 9.17) is 4.74 Å². The minimum absolute atomic E-state index is 0.0686. The molecule has 0 bridgehead atoms. The molecule has 0 aromatic rings. The molecule has 152 valence electrons. The Morgan fingerprint density at radius 2 is 2.19 bits per heavy atom. The highest BCUT2D eigenvalue weighted by Crippen LogP contribution is 2.43. The van der Waals surface area contributed by atoms with E-state index in [1.807, 2.05) is 6.08 Å². The van der Waals surface area contributed by atoms with E-state index in [1.165, 1.54) is 20.0 Å². The Morgan fingerprint density at radius 3 is 2.89 bits per heavy atom. The van der Waals surface area contributed by atoms with Crippen LogP contribution in [-0.4, -0.2) is 47.8 Å². The molecule has 0 aromatic heterocycles. The maximum absolute atomic E-state index is 14.4. The van der Waals surface area contributed by atoms with Crippen LogP contribution in [0.15, 0.2) is 24.0 Å². The summed E-state index contributed by atoms with van der Waals surface area (Å²) >= 11 is 0. The highest BCUT2D eigenvalue weighted by atomic mass is 19.1. The number of ether oxygens (including phenoxy) is 2. The number of fused-ring (bicyclic) bond motifs is 1. The fraction of sp³-hybridized carbons (Fsp3) is 0.762. The van der Waals surface area contributed by atoms with Crippen LogP contribution in [0.5, 0.6) is 0 Å². The normalized spacial score (nSPS) is 33.0. The van der Waals surface area contributed by atoms with Crippen molar-refractivity contribution in [3.8, 4) is 0 Å². The van der Waals surface area contributed by atoms with Gasteiger partial charge in [0, 0.05) is 24.7 Å². The van der Waals surface area contributed by atoms with Crippen molar-refractivity contribution < 1.29 is 28.9 Å². The number of allylic oxidation sites excluding steroid dienone is 1. The van der Waals surface area contributed by atoms with Gasteiger partial charge in [-0.3, -0.25) is 4.79 Å². The second-order valence-corrected chi connectivity index (χ2v) is 8.04. The average Bonchev–Trinajstić information content (AvgIpc) is 3.36. The molecule has 2 N–H and O–H groups in total. The van der Waals surface area contributed by atoms with Crippen LogP contribution >= 0.6 is 0 Å². The zero-order chi connectivity index (χ0) is 19.4. The number of rotatable bonds is 8. The molecule has 0 saturated heterocycles. The molecule has 0 spiro atoms. The highest BCUT2D eigenvalue weighted by Gasteiger charge is 2.46. The summed E-state index contributed by atoms with van der Waals surface area (Å²) in [4.78, 5) is 11.1. The number of carbonyl (C=O) groups excluding carboxylic acids is 1. The summed E-state index contributed by atoms with van der Waals surface area (Å²) in [5.74, 6) is 0.0595. The van der Waals surface area contributed by atoms with Crippen molar-refractivity contribution in [3.63, 3.8) is 0 Å². The SMILES string of the molecule is COC(=O)CCC[C@H](F)C1=C[C@@H]2[C@@H](/C=C/[C@H](O)C3CCCC3)[C@H](O)C[C@@H]2O1. The first kappa shape index (κ1) is 20.3. The van der Waals surface area contributed by atoms with Gasteiger partial charge in [-0.2, -0.15) is 0 Å². The Morgan fingerprint density at radius 1 is 1.44 bits per heavy atom. The lowest BCUT2D eigenvalue weighted by Crippen LogP contribution is -2.19. The van der Waals surface area contributed by atoms with Gasteiger partial charge in [0.15, 0.2) is 6.17 Å². The Kier molecular flexibility index (Phi) is 6.93. The van der Waals surface area contributed by atoms with Crippen molar-refractivity contribution in [1.82, 2.24) is 0 Å². The molecule has 1 heterocycles. The third-order valence-corrected chi connectivity index (χ3v) is 6.22. The number of esters is 1. The maximum Gasteiger partial charge on any atom is 0.305 e. The van der Waals surface area contributed by atoms with Crippen molar-refractivity contribution in [2.24, 2.45) is 17.8 Å². The Bertz CT molecular complexity index is 569. The molecule has 27 heavy (non-hydrogen) atoms. The van der Waals surface area contributed by atoms with Crippen LogP contribution in [-0.2, 0) is 14.3 Å². The summed E-state index contributed by atoms with van der Waals surface area (Å²) in [7, 11) is 1.32. The van der Waals surface area contributed by atoms with Crippen molar-refractivity contribution in [3.05, 3.63) is 24.0 Å². The number of aliphatic hydroxyl groups excluding tert-OH is 2. The van der Waals surface area contributed by atoms with E-state index in [0.29, 0.717) is 24.5 Å². The summed E-state index contributed by atoms with van der Waals surface area (Å²) in [6.07, 6.45) is 8.73. The summed E-state index contributed by atoms with van der Waals surface area (Å²) in [5.41, 5.74) is 0. The van der Waals surface area contributed by atoms with Gasteiger partial charge in [-0.05, 0) is 37.7 Å². The Balaban J connectivity index is 1.55. The van der Waals surface area contributed by atoms with E-state index in [9.17, 15) is 19.4 Å². The van der Waals surface area contributed by atoms with Crippen LogP contribution in [0.25, 0.3) is 0 Å². The molecule has 1 aliphatic heterocycles. The molecular weight excluding hydrogens is 351 g/mol. The standard InChI is InChI=1S/C21H31FO5/c1-26-21(25)8-4-7-16(22)20-11-15-14(18(24)12-19(15)27-20)9-10-17(23)13-5-2-3-6-13/h9-11,13-19,23-24H,2-8,12H2,1H3/b10-9+/t14-,15-,16+,17+,18-,19+/m1/s1. The van der Waals surface area contributed by atoms with E-state index in [0.717, 1.165) is 12.8 Å². The predicted molar refractivity (Wildman–Crippen MR) is 98.4 cm³/mol. The molecule has 0 aromatic carbocycles. The molecule has 3 aliphatic rings. The number of carbonyl (C=O) groups is 1. The minimum Gasteiger partial charge on any atom is -0.491 e. The van der Waals surface area contributed by atoms with E-state index in [1.54, 1.807) is 12.2 Å².